The molecule has 0 aliphatic heterocycles. The minimum Gasteiger partial charge on any atom is -0.449 e. The van der Waals surface area contributed by atoms with Crippen LogP contribution in [0.5, 0.6) is 0 Å². The van der Waals surface area contributed by atoms with Gasteiger partial charge in [0, 0.05) is 17.1 Å². The Labute approximate surface area is 114 Å². The largest absolute Gasteiger partial charge is 0.449 e. The van der Waals surface area contributed by atoms with Gasteiger partial charge in [-0.25, -0.2) is 9.59 Å². The summed E-state index contributed by atoms with van der Waals surface area (Å²) in [5.74, 6) is -1.43. The number of benzene rings is 1. The number of carbonyl (C=O) groups is 3. The predicted octanol–water partition coefficient (Wildman–Crippen LogP) is 0.908. The molecule has 0 bridgehead atoms. The van der Waals surface area contributed by atoms with Gasteiger partial charge in [0.25, 0.3) is 5.91 Å². The zero-order chi connectivity index (χ0) is 14.7. The summed E-state index contributed by atoms with van der Waals surface area (Å²) in [7, 11) is 0. The number of H-pyrrole nitrogens is 1. The van der Waals surface area contributed by atoms with Crippen LogP contribution in [0.15, 0.2) is 30.5 Å². The minimum absolute atomic E-state index is 0.319. The summed E-state index contributed by atoms with van der Waals surface area (Å²) in [6.45, 7) is 1.35. The van der Waals surface area contributed by atoms with Crippen LogP contribution in [0, 0.1) is 0 Å². The molecule has 2 rings (SSSR count). The molecule has 0 aliphatic rings. The molecule has 0 saturated carbocycles. The summed E-state index contributed by atoms with van der Waals surface area (Å²) in [6, 6.07) is 6.20. The first-order chi connectivity index (χ1) is 9.49. The number of rotatable bonds is 3. The smallest absolute Gasteiger partial charge is 0.341 e. The maximum Gasteiger partial charge on any atom is 0.341 e. The van der Waals surface area contributed by atoms with Crippen LogP contribution in [-0.4, -0.2) is 29.0 Å². The molecule has 20 heavy (non-hydrogen) atoms. The van der Waals surface area contributed by atoms with E-state index < -0.39 is 24.0 Å². The van der Waals surface area contributed by atoms with Gasteiger partial charge in [-0.1, -0.05) is 18.2 Å². The number of imide groups is 1. The highest BCUT2D eigenvalue weighted by Crippen LogP contribution is 2.18. The second-order valence-corrected chi connectivity index (χ2v) is 4.15. The first kappa shape index (κ1) is 13.6. The molecule has 1 aromatic carbocycles. The summed E-state index contributed by atoms with van der Waals surface area (Å²) in [5, 5.41) is 2.54. The zero-order valence-electron chi connectivity index (χ0n) is 10.7. The standard InChI is InChI=1S/C13H13N3O4/c1-7(11(17)16-13(14)19)20-12(18)9-6-15-10-5-3-2-4-8(9)10/h2-7,15H,1H3,(H3,14,16,17,19)/t7-/m0/s1. The molecule has 104 valence electrons. The van der Waals surface area contributed by atoms with Crippen LogP contribution in [0.3, 0.4) is 0 Å². The molecular formula is C13H13N3O4. The Morgan fingerprint density at radius 1 is 1.30 bits per heavy atom. The van der Waals surface area contributed by atoms with E-state index in [1.165, 1.54) is 13.1 Å². The van der Waals surface area contributed by atoms with E-state index in [1.807, 2.05) is 17.4 Å². The van der Waals surface area contributed by atoms with E-state index in [0.717, 1.165) is 5.52 Å². The third kappa shape index (κ3) is 2.77. The van der Waals surface area contributed by atoms with Crippen molar-refractivity contribution in [3.8, 4) is 0 Å². The molecule has 7 heteroatoms. The minimum atomic E-state index is -1.12. The SMILES string of the molecule is C[C@H](OC(=O)c1c[nH]c2ccccc12)C(=O)NC(N)=O. The average Bonchev–Trinajstić information content (AvgIpc) is 2.81. The average molecular weight is 275 g/mol. The Morgan fingerprint density at radius 2 is 2.00 bits per heavy atom. The third-order valence-electron chi connectivity index (χ3n) is 2.71. The number of hydrogen-bond acceptors (Lipinski definition) is 4. The molecule has 7 nitrogen and oxygen atoms in total. The second kappa shape index (κ2) is 5.43. The topological polar surface area (TPSA) is 114 Å². The van der Waals surface area contributed by atoms with Crippen LogP contribution in [0.1, 0.15) is 17.3 Å². The Bertz CT molecular complexity index is 677. The number of urea groups is 1. The van der Waals surface area contributed by atoms with Gasteiger partial charge in [0.15, 0.2) is 6.10 Å². The zero-order valence-corrected chi connectivity index (χ0v) is 10.7. The van der Waals surface area contributed by atoms with Crippen molar-refractivity contribution in [3.63, 3.8) is 0 Å². The Morgan fingerprint density at radius 3 is 2.70 bits per heavy atom. The van der Waals surface area contributed by atoms with Gasteiger partial charge >= 0.3 is 12.0 Å². The van der Waals surface area contributed by atoms with Crippen molar-refractivity contribution in [3.05, 3.63) is 36.0 Å². The predicted molar refractivity (Wildman–Crippen MR) is 70.9 cm³/mol. The molecule has 0 saturated heterocycles. The molecule has 1 heterocycles. The van der Waals surface area contributed by atoms with Crippen molar-refractivity contribution in [1.82, 2.24) is 10.3 Å². The highest BCUT2D eigenvalue weighted by atomic mass is 16.5. The summed E-state index contributed by atoms with van der Waals surface area (Å²) >= 11 is 0. The number of fused-ring (bicyclic) bond motifs is 1. The van der Waals surface area contributed by atoms with Gasteiger partial charge in [-0.15, -0.1) is 0 Å². The number of hydrogen-bond donors (Lipinski definition) is 3. The molecule has 1 aromatic heterocycles. The Hall–Kier alpha value is -2.83. The van der Waals surface area contributed by atoms with Crippen molar-refractivity contribution < 1.29 is 19.1 Å². The number of ether oxygens (including phenoxy) is 1. The monoisotopic (exact) mass is 275 g/mol. The number of aromatic nitrogens is 1. The number of carbonyl (C=O) groups excluding carboxylic acids is 3. The molecule has 3 amide bonds. The van der Waals surface area contributed by atoms with E-state index in [-0.39, 0.29) is 0 Å². The van der Waals surface area contributed by atoms with E-state index >= 15 is 0 Å². The highest BCUT2D eigenvalue weighted by molar-refractivity contribution is 6.05. The van der Waals surface area contributed by atoms with Crippen LogP contribution >= 0.6 is 0 Å². The lowest BCUT2D eigenvalue weighted by atomic mass is 10.2. The number of nitrogens with one attached hydrogen (secondary N) is 2. The van der Waals surface area contributed by atoms with Crippen LogP contribution in [-0.2, 0) is 9.53 Å². The van der Waals surface area contributed by atoms with Gasteiger partial charge in [0.1, 0.15) is 0 Å². The highest BCUT2D eigenvalue weighted by Gasteiger charge is 2.21. The fourth-order valence-electron chi connectivity index (χ4n) is 1.74. The number of primary amides is 1. The van der Waals surface area contributed by atoms with Gasteiger partial charge in [-0.3, -0.25) is 10.1 Å². The molecule has 4 N–H and O–H groups in total. The summed E-state index contributed by atoms with van der Waals surface area (Å²) < 4.78 is 4.99. The third-order valence-corrected chi connectivity index (χ3v) is 2.71. The molecule has 0 radical (unpaired) electrons. The molecule has 0 spiro atoms. The number of para-hydroxylation sites is 1. The number of esters is 1. The van der Waals surface area contributed by atoms with Gasteiger partial charge in [0.2, 0.25) is 0 Å². The van der Waals surface area contributed by atoms with E-state index in [4.69, 9.17) is 10.5 Å². The lowest BCUT2D eigenvalue weighted by molar-refractivity contribution is -0.127. The molecule has 1 atom stereocenters. The summed E-state index contributed by atoms with van der Waals surface area (Å²) in [5.41, 5.74) is 5.92. The van der Waals surface area contributed by atoms with Crippen LogP contribution in [0.25, 0.3) is 10.9 Å². The number of amides is 3. The van der Waals surface area contributed by atoms with Gasteiger partial charge in [0.05, 0.1) is 5.56 Å². The fourth-order valence-corrected chi connectivity index (χ4v) is 1.74. The molecule has 0 unspecified atom stereocenters. The quantitative estimate of drug-likeness (QED) is 0.722. The first-order valence-electron chi connectivity index (χ1n) is 5.86. The van der Waals surface area contributed by atoms with Gasteiger partial charge < -0.3 is 15.5 Å². The van der Waals surface area contributed by atoms with Crippen LogP contribution < -0.4 is 11.1 Å². The van der Waals surface area contributed by atoms with E-state index in [9.17, 15) is 14.4 Å². The number of nitrogens with two attached hydrogens (primary N) is 1. The van der Waals surface area contributed by atoms with E-state index in [1.54, 1.807) is 12.1 Å². The molecule has 0 fully saturated rings. The lowest BCUT2D eigenvalue weighted by Gasteiger charge is -2.11. The van der Waals surface area contributed by atoms with Crippen molar-refractivity contribution >= 4 is 28.8 Å². The molecule has 2 aromatic rings. The van der Waals surface area contributed by atoms with E-state index in [2.05, 4.69) is 4.98 Å². The molecule has 0 aliphatic carbocycles. The number of aromatic amines is 1. The van der Waals surface area contributed by atoms with Gasteiger partial charge in [-0.2, -0.15) is 0 Å². The van der Waals surface area contributed by atoms with E-state index in [0.29, 0.717) is 10.9 Å². The Kier molecular flexibility index (Phi) is 3.69. The summed E-state index contributed by atoms with van der Waals surface area (Å²) in [6.07, 6.45) is 0.384. The lowest BCUT2D eigenvalue weighted by Crippen LogP contribution is -2.42. The Balaban J connectivity index is 2.12. The van der Waals surface area contributed by atoms with Crippen LogP contribution in [0.2, 0.25) is 0 Å². The van der Waals surface area contributed by atoms with Crippen molar-refractivity contribution in [2.75, 3.05) is 0 Å². The molecular weight excluding hydrogens is 262 g/mol. The van der Waals surface area contributed by atoms with Crippen molar-refractivity contribution in [2.45, 2.75) is 13.0 Å². The normalized spacial score (nSPS) is 11.8. The van der Waals surface area contributed by atoms with Gasteiger partial charge in [-0.05, 0) is 13.0 Å². The second-order valence-electron chi connectivity index (χ2n) is 4.15. The maximum atomic E-state index is 12.0. The maximum absolute atomic E-state index is 12.0. The van der Waals surface area contributed by atoms with Crippen molar-refractivity contribution in [2.24, 2.45) is 5.73 Å². The van der Waals surface area contributed by atoms with Crippen molar-refractivity contribution in [1.29, 1.82) is 0 Å². The van der Waals surface area contributed by atoms with Crippen LogP contribution in [0.4, 0.5) is 4.79 Å². The fraction of sp³-hybridized carbons (Fsp3) is 0.154. The first-order valence-corrected chi connectivity index (χ1v) is 5.86. The summed E-state index contributed by atoms with van der Waals surface area (Å²) in [4.78, 5) is 36.9.